The van der Waals surface area contributed by atoms with Crippen LogP contribution in [0.5, 0.6) is 11.5 Å². The van der Waals surface area contributed by atoms with E-state index >= 15 is 0 Å². The van der Waals surface area contributed by atoms with Crippen LogP contribution in [0.4, 0.5) is 16.2 Å². The third-order valence-corrected chi connectivity index (χ3v) is 9.49. The molecule has 1 saturated carbocycles. The minimum absolute atomic E-state index is 0.0509. The molecule has 2 heterocycles. The van der Waals surface area contributed by atoms with E-state index in [0.717, 1.165) is 36.8 Å². The summed E-state index contributed by atoms with van der Waals surface area (Å²) in [6.45, 7) is 5.66. The van der Waals surface area contributed by atoms with Crippen molar-refractivity contribution in [3.8, 4) is 11.5 Å². The number of amides is 4. The fourth-order valence-corrected chi connectivity index (χ4v) is 6.95. The monoisotopic (exact) mass is 708 g/mol. The van der Waals surface area contributed by atoms with Crippen LogP contribution in [0.2, 0.25) is 10.0 Å². The smallest absolute Gasteiger partial charge is 0.330 e. The molecule has 0 bridgehead atoms. The summed E-state index contributed by atoms with van der Waals surface area (Å²) in [7, 11) is 2.96. The van der Waals surface area contributed by atoms with Gasteiger partial charge in [-0.1, -0.05) is 67.8 Å². The summed E-state index contributed by atoms with van der Waals surface area (Å²) in [6, 6.07) is 8.39. The molecule has 5 rings (SSSR count). The highest BCUT2D eigenvalue weighted by Crippen LogP contribution is 2.47. The van der Waals surface area contributed by atoms with Crippen LogP contribution in [0.25, 0.3) is 0 Å². The van der Waals surface area contributed by atoms with Gasteiger partial charge < -0.3 is 25.4 Å². The number of methoxy groups -OCH3 is 2. The molecule has 0 spiro atoms. The maximum atomic E-state index is 14.7. The lowest BCUT2D eigenvalue weighted by molar-refractivity contribution is -0.117. The van der Waals surface area contributed by atoms with Gasteiger partial charge in [0, 0.05) is 35.8 Å². The van der Waals surface area contributed by atoms with Gasteiger partial charge in [-0.3, -0.25) is 19.4 Å². The van der Waals surface area contributed by atoms with Gasteiger partial charge in [0.2, 0.25) is 11.8 Å². The topological polar surface area (TPSA) is 125 Å². The predicted molar refractivity (Wildman–Crippen MR) is 194 cm³/mol. The van der Waals surface area contributed by atoms with Crippen molar-refractivity contribution in [2.45, 2.75) is 70.5 Å². The van der Waals surface area contributed by atoms with Crippen molar-refractivity contribution in [3.63, 3.8) is 0 Å². The van der Waals surface area contributed by atoms with Crippen molar-refractivity contribution in [1.82, 2.24) is 15.5 Å². The Morgan fingerprint density at radius 1 is 1.04 bits per heavy atom. The van der Waals surface area contributed by atoms with Gasteiger partial charge in [0.15, 0.2) is 0 Å². The van der Waals surface area contributed by atoms with Crippen LogP contribution in [0.15, 0.2) is 71.5 Å². The van der Waals surface area contributed by atoms with Crippen LogP contribution in [0.1, 0.15) is 57.4 Å². The number of nitrogens with one attached hydrogen (secondary N) is 3. The average molecular weight is 710 g/mol. The number of amidine groups is 1. The Kier molecular flexibility index (Phi) is 11.9. The summed E-state index contributed by atoms with van der Waals surface area (Å²) in [5.74, 6) is 1.39. The molecule has 2 unspecified atom stereocenters. The highest BCUT2D eigenvalue weighted by atomic mass is 35.5. The van der Waals surface area contributed by atoms with Gasteiger partial charge in [-0.15, -0.1) is 0 Å². The third kappa shape index (κ3) is 8.22. The van der Waals surface area contributed by atoms with Gasteiger partial charge in [-0.2, -0.15) is 0 Å². The first-order valence-electron chi connectivity index (χ1n) is 16.4. The Hall–Kier alpha value is -4.48. The van der Waals surface area contributed by atoms with E-state index in [2.05, 4.69) is 28.6 Å². The first-order chi connectivity index (χ1) is 23.7. The highest BCUT2D eigenvalue weighted by Gasteiger charge is 2.39. The van der Waals surface area contributed by atoms with Gasteiger partial charge >= 0.3 is 6.03 Å². The number of halogens is 2. The van der Waals surface area contributed by atoms with E-state index in [1.807, 2.05) is 24.3 Å². The SMILES string of the molecule is C=CC(=O)NC1CCCCC1NC1=C\CC/C=C2/CN(c3c(Cl)c(OC)cc(OC)c3Cl)C(=O)N(Cc3cccc(NC(=O)CC)c3)/C2=N/1. The number of carbonyl (C=O) groups is 3. The Balaban J connectivity index is 1.57. The lowest BCUT2D eigenvalue weighted by atomic mass is 9.90. The van der Waals surface area contributed by atoms with Crippen LogP contribution in [-0.4, -0.2) is 61.4 Å². The highest BCUT2D eigenvalue weighted by molar-refractivity contribution is 6.42. The number of hydrogen-bond acceptors (Lipinski definition) is 7. The second kappa shape index (κ2) is 16.3. The molecule has 2 fully saturated rings. The van der Waals surface area contributed by atoms with Crippen molar-refractivity contribution in [2.24, 2.45) is 4.99 Å². The van der Waals surface area contributed by atoms with Gasteiger partial charge in [-0.25, -0.2) is 9.79 Å². The molecule has 2 aromatic rings. The molecular weight excluding hydrogens is 667 g/mol. The van der Waals surface area contributed by atoms with Crippen LogP contribution in [-0.2, 0) is 16.1 Å². The molecule has 2 aromatic carbocycles. The summed E-state index contributed by atoms with van der Waals surface area (Å²) >= 11 is 13.7. The van der Waals surface area contributed by atoms with E-state index < -0.39 is 6.03 Å². The Morgan fingerprint density at radius 2 is 1.73 bits per heavy atom. The number of anilines is 2. The molecule has 1 saturated heterocycles. The zero-order valence-corrected chi connectivity index (χ0v) is 29.5. The van der Waals surface area contributed by atoms with E-state index in [-0.39, 0.29) is 52.7 Å². The van der Waals surface area contributed by atoms with Crippen molar-refractivity contribution in [2.75, 3.05) is 31.0 Å². The summed E-state index contributed by atoms with van der Waals surface area (Å²) in [4.78, 5) is 47.3. The predicted octanol–water partition coefficient (Wildman–Crippen LogP) is 6.96. The van der Waals surface area contributed by atoms with Crippen LogP contribution >= 0.6 is 23.2 Å². The number of urea groups is 1. The normalized spacial score (nSPS) is 22.5. The Bertz CT molecular complexity index is 1680. The molecule has 1 aliphatic carbocycles. The lowest BCUT2D eigenvalue weighted by Gasteiger charge is -2.39. The van der Waals surface area contributed by atoms with Crippen molar-refractivity contribution in [1.29, 1.82) is 0 Å². The molecule has 49 heavy (non-hydrogen) atoms. The summed E-state index contributed by atoms with van der Waals surface area (Å²) in [6.07, 6.45) is 10.8. The molecule has 2 atom stereocenters. The first kappa shape index (κ1) is 35.8. The summed E-state index contributed by atoms with van der Waals surface area (Å²) in [5, 5.41) is 9.89. The maximum Gasteiger partial charge on any atom is 0.330 e. The largest absolute Gasteiger partial charge is 0.495 e. The molecule has 0 aromatic heterocycles. The molecule has 0 radical (unpaired) electrons. The summed E-state index contributed by atoms with van der Waals surface area (Å²) < 4.78 is 11.0. The molecule has 260 valence electrons. The second-order valence-corrected chi connectivity index (χ2v) is 12.8. The Labute approximate surface area is 297 Å². The minimum atomic E-state index is -0.410. The number of ether oxygens (including phenoxy) is 2. The molecule has 2 aliphatic heterocycles. The van der Waals surface area contributed by atoms with Crippen LogP contribution < -0.4 is 30.3 Å². The van der Waals surface area contributed by atoms with E-state index in [4.69, 9.17) is 37.7 Å². The quantitative estimate of drug-likeness (QED) is 0.217. The number of benzene rings is 2. The van der Waals surface area contributed by atoms with Gasteiger partial charge in [0.25, 0.3) is 0 Å². The second-order valence-electron chi connectivity index (χ2n) is 12.0. The maximum absolute atomic E-state index is 14.7. The number of aliphatic imine (C=N–C) groups is 1. The van der Waals surface area contributed by atoms with Gasteiger partial charge in [-0.05, 0) is 55.5 Å². The zero-order valence-electron chi connectivity index (χ0n) is 28.0. The summed E-state index contributed by atoms with van der Waals surface area (Å²) in [5.41, 5.74) is 2.46. The number of rotatable bonds is 11. The van der Waals surface area contributed by atoms with Crippen molar-refractivity contribution >= 4 is 58.3 Å². The first-order valence-corrected chi connectivity index (χ1v) is 17.2. The minimum Gasteiger partial charge on any atom is -0.495 e. The molecule has 3 aliphatic rings. The van der Waals surface area contributed by atoms with E-state index in [0.29, 0.717) is 48.1 Å². The fourth-order valence-electron chi connectivity index (χ4n) is 6.25. The standard InChI is InChI=1S/C36H42Cl2N6O5/c1-5-30(45)39-24-14-11-12-22(18-24)20-44-35-23(21-43(36(44)47)34-32(37)27(48-3)19-28(49-4)33(34)38)13-7-10-17-29(42-35)40-25-15-8-9-16-26(25)41-31(46)6-2/h6,11-14,17-19,25-26,40H,2,5,7-10,15-16,20-21H2,1,3-4H3,(H,39,45)(H,41,46)/b23-13-,29-17-,42-35+. The molecule has 11 nitrogen and oxygen atoms in total. The number of hydrogen-bond donors (Lipinski definition) is 3. The van der Waals surface area contributed by atoms with Crippen LogP contribution in [0, 0.1) is 0 Å². The van der Waals surface area contributed by atoms with Crippen LogP contribution in [0.3, 0.4) is 0 Å². The third-order valence-electron chi connectivity index (χ3n) is 8.76. The van der Waals surface area contributed by atoms with Crippen molar-refractivity contribution < 1.29 is 23.9 Å². The number of allylic oxidation sites excluding steroid dienone is 2. The van der Waals surface area contributed by atoms with E-state index in [9.17, 15) is 14.4 Å². The number of fused-ring (bicyclic) bond motifs is 1. The molecular formula is C36H42Cl2N6O5. The zero-order chi connectivity index (χ0) is 35.1. The van der Waals surface area contributed by atoms with Gasteiger partial charge in [0.1, 0.15) is 33.2 Å². The fraction of sp³-hybridized carbons (Fsp3) is 0.389. The van der Waals surface area contributed by atoms with E-state index in [1.165, 1.54) is 25.2 Å². The van der Waals surface area contributed by atoms with Crippen molar-refractivity contribution in [3.05, 3.63) is 82.1 Å². The van der Waals surface area contributed by atoms with Gasteiger partial charge in [0.05, 0.1) is 33.0 Å². The molecule has 3 N–H and O–H groups in total. The number of carbonyl (C=O) groups excluding carboxylic acids is 3. The molecule has 4 amide bonds. The Morgan fingerprint density at radius 3 is 2.41 bits per heavy atom. The van der Waals surface area contributed by atoms with E-state index in [1.54, 1.807) is 24.0 Å². The lowest BCUT2D eigenvalue weighted by Crippen LogP contribution is -2.54. The molecule has 13 heteroatoms. The number of nitrogens with zero attached hydrogens (tertiary/aromatic N) is 3. The average Bonchev–Trinajstić information content (AvgIpc) is 3.09.